The molecule has 3 nitrogen and oxygen atoms in total. The highest BCUT2D eigenvalue weighted by molar-refractivity contribution is 9.10. The summed E-state index contributed by atoms with van der Waals surface area (Å²) in [6.07, 6.45) is 2.25. The molecular formula is C13H12BrCl2N3. The number of benzene rings is 1. The van der Waals surface area contributed by atoms with Gasteiger partial charge in [-0.3, -0.25) is 16.3 Å². The maximum absolute atomic E-state index is 6.15. The molecular weight excluding hydrogens is 349 g/mol. The molecule has 0 saturated heterocycles. The fourth-order valence-electron chi connectivity index (χ4n) is 1.82. The maximum atomic E-state index is 6.15. The summed E-state index contributed by atoms with van der Waals surface area (Å²) in [6, 6.07) is 9.51. The Labute approximate surface area is 130 Å². The Balaban J connectivity index is 2.25. The van der Waals surface area contributed by atoms with Crippen LogP contribution in [0.4, 0.5) is 0 Å². The zero-order valence-corrected chi connectivity index (χ0v) is 13.0. The second-order valence-electron chi connectivity index (χ2n) is 4.07. The lowest BCUT2D eigenvalue weighted by atomic mass is 10.0. The minimum Gasteiger partial charge on any atom is -0.271 e. The highest BCUT2D eigenvalue weighted by Crippen LogP contribution is 2.26. The van der Waals surface area contributed by atoms with Crippen LogP contribution >= 0.6 is 39.1 Å². The van der Waals surface area contributed by atoms with E-state index in [4.69, 9.17) is 29.0 Å². The molecule has 3 N–H and O–H groups in total. The van der Waals surface area contributed by atoms with Crippen LogP contribution in [0.1, 0.15) is 17.3 Å². The van der Waals surface area contributed by atoms with Crippen LogP contribution in [0.2, 0.25) is 10.0 Å². The van der Waals surface area contributed by atoms with E-state index in [2.05, 4.69) is 26.3 Å². The summed E-state index contributed by atoms with van der Waals surface area (Å²) >= 11 is 15.4. The lowest BCUT2D eigenvalue weighted by Gasteiger charge is -2.17. The van der Waals surface area contributed by atoms with Crippen molar-refractivity contribution >= 4 is 39.1 Å². The molecule has 1 aromatic carbocycles. The van der Waals surface area contributed by atoms with Crippen LogP contribution in [-0.4, -0.2) is 4.98 Å². The van der Waals surface area contributed by atoms with Gasteiger partial charge in [-0.05, 0) is 30.2 Å². The number of nitrogens with one attached hydrogen (secondary N) is 1. The van der Waals surface area contributed by atoms with Gasteiger partial charge < -0.3 is 0 Å². The Morgan fingerprint density at radius 3 is 2.74 bits per heavy atom. The first kappa shape index (κ1) is 14.8. The van der Waals surface area contributed by atoms with Gasteiger partial charge in [-0.1, -0.05) is 51.3 Å². The molecule has 1 aromatic heterocycles. The van der Waals surface area contributed by atoms with Gasteiger partial charge in [-0.2, -0.15) is 0 Å². The van der Waals surface area contributed by atoms with Gasteiger partial charge >= 0.3 is 0 Å². The van der Waals surface area contributed by atoms with Crippen LogP contribution in [-0.2, 0) is 6.42 Å². The summed E-state index contributed by atoms with van der Waals surface area (Å²) in [4.78, 5) is 4.25. The topological polar surface area (TPSA) is 50.9 Å². The van der Waals surface area contributed by atoms with E-state index < -0.39 is 0 Å². The summed E-state index contributed by atoms with van der Waals surface area (Å²) in [7, 11) is 0. The zero-order valence-electron chi connectivity index (χ0n) is 9.91. The molecule has 1 atom stereocenters. The van der Waals surface area contributed by atoms with Crippen molar-refractivity contribution in [2.75, 3.05) is 0 Å². The van der Waals surface area contributed by atoms with Crippen LogP contribution in [0.5, 0.6) is 0 Å². The van der Waals surface area contributed by atoms with Gasteiger partial charge in [0.25, 0.3) is 0 Å². The van der Waals surface area contributed by atoms with E-state index in [1.807, 2.05) is 24.3 Å². The van der Waals surface area contributed by atoms with E-state index in [-0.39, 0.29) is 6.04 Å². The Hall–Kier alpha value is -0.650. The average Bonchev–Trinajstić information content (AvgIpc) is 2.37. The molecule has 0 spiro atoms. The number of nitrogens with zero attached hydrogens (tertiary/aromatic N) is 1. The number of pyridine rings is 1. The molecule has 2 rings (SSSR count). The monoisotopic (exact) mass is 359 g/mol. The van der Waals surface area contributed by atoms with Crippen LogP contribution in [0.3, 0.4) is 0 Å². The van der Waals surface area contributed by atoms with Gasteiger partial charge in [0.05, 0.1) is 21.8 Å². The summed E-state index contributed by atoms with van der Waals surface area (Å²) < 4.78 is 1.02. The highest BCUT2D eigenvalue weighted by atomic mass is 79.9. The molecule has 0 aliphatic heterocycles. The lowest BCUT2D eigenvalue weighted by Crippen LogP contribution is -2.30. The number of halogens is 3. The molecule has 6 heteroatoms. The molecule has 0 aliphatic rings. The number of aromatic nitrogens is 1. The molecule has 0 fully saturated rings. The van der Waals surface area contributed by atoms with E-state index in [0.29, 0.717) is 22.2 Å². The molecule has 1 unspecified atom stereocenters. The Morgan fingerprint density at radius 2 is 2.11 bits per heavy atom. The maximum Gasteiger partial charge on any atom is 0.0777 e. The Kier molecular flexibility index (Phi) is 5.19. The number of hydrazine groups is 1. The highest BCUT2D eigenvalue weighted by Gasteiger charge is 2.16. The van der Waals surface area contributed by atoms with Crippen molar-refractivity contribution in [3.05, 3.63) is 62.3 Å². The van der Waals surface area contributed by atoms with Crippen LogP contribution in [0, 0.1) is 0 Å². The van der Waals surface area contributed by atoms with Crippen LogP contribution < -0.4 is 11.3 Å². The predicted molar refractivity (Wildman–Crippen MR) is 82.2 cm³/mol. The molecule has 0 radical (unpaired) electrons. The summed E-state index contributed by atoms with van der Waals surface area (Å²) in [6.45, 7) is 0. The molecule has 0 bridgehead atoms. The second-order valence-corrected chi connectivity index (χ2v) is 5.83. The second kappa shape index (κ2) is 6.68. The third kappa shape index (κ3) is 3.91. The van der Waals surface area contributed by atoms with E-state index in [1.165, 1.54) is 0 Å². The minimum atomic E-state index is -0.168. The third-order valence-corrected chi connectivity index (χ3v) is 3.70. The standard InChI is InChI=1S/C13H12BrCl2N3/c14-9-3-1-2-8(4-9)5-12(19-17)13-11(16)6-10(15)7-18-13/h1-4,6-7,12,19H,5,17H2. The molecule has 100 valence electrons. The van der Waals surface area contributed by atoms with Crippen LogP contribution in [0.15, 0.2) is 41.0 Å². The van der Waals surface area contributed by atoms with E-state index in [1.54, 1.807) is 12.3 Å². The van der Waals surface area contributed by atoms with E-state index >= 15 is 0 Å². The fraction of sp³-hybridized carbons (Fsp3) is 0.154. The van der Waals surface area contributed by atoms with Crippen molar-refractivity contribution in [3.8, 4) is 0 Å². The molecule has 0 amide bonds. The first-order chi connectivity index (χ1) is 9.10. The van der Waals surface area contributed by atoms with Crippen molar-refractivity contribution < 1.29 is 0 Å². The Bertz CT molecular complexity index is 578. The average molecular weight is 361 g/mol. The van der Waals surface area contributed by atoms with Crippen LogP contribution in [0.25, 0.3) is 0 Å². The van der Waals surface area contributed by atoms with Gasteiger partial charge in [0.1, 0.15) is 0 Å². The van der Waals surface area contributed by atoms with Gasteiger partial charge in [0.15, 0.2) is 0 Å². The van der Waals surface area contributed by atoms with Gasteiger partial charge in [-0.25, -0.2) is 0 Å². The molecule has 19 heavy (non-hydrogen) atoms. The quantitative estimate of drug-likeness (QED) is 0.642. The number of hydrogen-bond acceptors (Lipinski definition) is 3. The summed E-state index contributed by atoms with van der Waals surface area (Å²) in [5, 5.41) is 1.01. The first-order valence-electron chi connectivity index (χ1n) is 5.61. The summed E-state index contributed by atoms with van der Waals surface area (Å²) in [5.41, 5.74) is 4.56. The van der Waals surface area contributed by atoms with Crippen molar-refractivity contribution in [2.45, 2.75) is 12.5 Å². The number of nitrogens with two attached hydrogens (primary N) is 1. The third-order valence-electron chi connectivity index (χ3n) is 2.70. The molecule has 0 saturated carbocycles. The zero-order chi connectivity index (χ0) is 13.8. The number of rotatable bonds is 4. The van der Waals surface area contributed by atoms with Gasteiger partial charge in [0.2, 0.25) is 0 Å². The van der Waals surface area contributed by atoms with Crippen molar-refractivity contribution in [1.29, 1.82) is 0 Å². The van der Waals surface area contributed by atoms with E-state index in [0.717, 1.165) is 10.0 Å². The fourth-order valence-corrected chi connectivity index (χ4v) is 2.77. The van der Waals surface area contributed by atoms with Gasteiger partial charge in [-0.15, -0.1) is 0 Å². The van der Waals surface area contributed by atoms with Gasteiger partial charge in [0, 0.05) is 10.7 Å². The summed E-state index contributed by atoms with van der Waals surface area (Å²) in [5.74, 6) is 5.60. The Morgan fingerprint density at radius 1 is 1.32 bits per heavy atom. The lowest BCUT2D eigenvalue weighted by molar-refractivity contribution is 0.538. The van der Waals surface area contributed by atoms with Crippen molar-refractivity contribution in [2.24, 2.45) is 5.84 Å². The first-order valence-corrected chi connectivity index (χ1v) is 7.16. The molecule has 2 aromatic rings. The predicted octanol–water partition coefficient (Wildman–Crippen LogP) is 3.90. The SMILES string of the molecule is NNC(Cc1cccc(Br)c1)c1ncc(Cl)cc1Cl. The normalized spacial score (nSPS) is 12.4. The van der Waals surface area contributed by atoms with Crippen molar-refractivity contribution in [1.82, 2.24) is 10.4 Å². The van der Waals surface area contributed by atoms with Crippen molar-refractivity contribution in [3.63, 3.8) is 0 Å². The number of hydrogen-bond donors (Lipinski definition) is 2. The largest absolute Gasteiger partial charge is 0.271 e. The minimum absolute atomic E-state index is 0.168. The molecule has 1 heterocycles. The smallest absolute Gasteiger partial charge is 0.0777 e. The molecule has 0 aliphatic carbocycles. The van der Waals surface area contributed by atoms with E-state index in [9.17, 15) is 0 Å².